The van der Waals surface area contributed by atoms with E-state index >= 15 is 0 Å². The molecule has 8 nitrogen and oxygen atoms in total. The molecule has 4 rings (SSSR count). The van der Waals surface area contributed by atoms with Gasteiger partial charge in [0.25, 0.3) is 0 Å². The van der Waals surface area contributed by atoms with E-state index in [9.17, 15) is 18.8 Å². The van der Waals surface area contributed by atoms with Gasteiger partial charge in [-0.3, -0.25) is 19.5 Å². The van der Waals surface area contributed by atoms with Crippen LogP contribution in [0.5, 0.6) is 0 Å². The highest BCUT2D eigenvalue weighted by molar-refractivity contribution is 6.31. The van der Waals surface area contributed by atoms with Crippen molar-refractivity contribution < 1.29 is 18.8 Å². The van der Waals surface area contributed by atoms with E-state index in [1.165, 1.54) is 17.1 Å². The molecular formula is C24H33ClFN5O3. The van der Waals surface area contributed by atoms with Gasteiger partial charge in [0.15, 0.2) is 6.29 Å². The largest absolute Gasteiger partial charge is 0.353 e. The third-order valence-electron chi connectivity index (χ3n) is 7.30. The third kappa shape index (κ3) is 4.35. The van der Waals surface area contributed by atoms with Crippen molar-refractivity contribution in [1.29, 1.82) is 0 Å². The zero-order valence-corrected chi connectivity index (χ0v) is 20.8. The van der Waals surface area contributed by atoms with Crippen molar-refractivity contribution in [2.24, 2.45) is 11.8 Å². The summed E-state index contributed by atoms with van der Waals surface area (Å²) in [5, 5.41) is 4.59. The van der Waals surface area contributed by atoms with Crippen molar-refractivity contribution in [2.75, 3.05) is 0 Å². The summed E-state index contributed by atoms with van der Waals surface area (Å²) in [6.07, 6.45) is 1.71. The number of hydrazine groups is 1. The maximum absolute atomic E-state index is 14.4. The molecule has 4 amide bonds. The number of nitrogens with zero attached hydrogens (tertiary/aromatic N) is 3. The van der Waals surface area contributed by atoms with Crippen molar-refractivity contribution in [3.63, 3.8) is 0 Å². The lowest BCUT2D eigenvalue weighted by atomic mass is 9.75. The number of urea groups is 1. The van der Waals surface area contributed by atoms with Crippen LogP contribution in [0.1, 0.15) is 58.9 Å². The predicted molar refractivity (Wildman–Crippen MR) is 126 cm³/mol. The number of nitrogens with one attached hydrogen (secondary N) is 2. The summed E-state index contributed by atoms with van der Waals surface area (Å²) in [5.41, 5.74) is 3.32. The highest BCUT2D eigenvalue weighted by Crippen LogP contribution is 2.41. The van der Waals surface area contributed by atoms with Gasteiger partial charge in [0.2, 0.25) is 11.8 Å². The Morgan fingerprint density at radius 1 is 1.26 bits per heavy atom. The van der Waals surface area contributed by atoms with E-state index in [0.717, 1.165) is 6.42 Å². The molecule has 34 heavy (non-hydrogen) atoms. The van der Waals surface area contributed by atoms with Crippen LogP contribution in [0.2, 0.25) is 5.02 Å². The van der Waals surface area contributed by atoms with Crippen LogP contribution in [0.4, 0.5) is 9.18 Å². The molecule has 0 spiro atoms. The lowest BCUT2D eigenvalue weighted by molar-refractivity contribution is -0.162. The Morgan fingerprint density at radius 2 is 2.00 bits per heavy atom. The first-order valence-corrected chi connectivity index (χ1v) is 12.4. The van der Waals surface area contributed by atoms with Crippen LogP contribution < -0.4 is 10.7 Å². The lowest BCUT2D eigenvalue weighted by Crippen LogP contribution is -2.68. The molecule has 3 fully saturated rings. The monoisotopic (exact) mass is 493 g/mol. The second-order valence-electron chi connectivity index (χ2n) is 9.82. The second-order valence-corrected chi connectivity index (χ2v) is 10.2. The van der Waals surface area contributed by atoms with Crippen LogP contribution in [0.25, 0.3) is 0 Å². The Kier molecular flexibility index (Phi) is 7.05. The SMILES string of the molecule is CCC(C)NC(=O)C1CCC2C(=O)N(C(C)C)C3NN(Cc4c(F)cccc4Cl)C(=O)N3C2C1. The molecule has 10 heteroatoms. The fourth-order valence-electron chi connectivity index (χ4n) is 5.27. The minimum absolute atomic E-state index is 0.0203. The number of hydrogen-bond donors (Lipinski definition) is 2. The summed E-state index contributed by atoms with van der Waals surface area (Å²) in [4.78, 5) is 43.3. The molecule has 1 aromatic rings. The van der Waals surface area contributed by atoms with Gasteiger partial charge in [-0.25, -0.2) is 9.18 Å². The molecule has 1 aromatic carbocycles. The van der Waals surface area contributed by atoms with E-state index in [2.05, 4.69) is 10.7 Å². The average Bonchev–Trinajstić information content (AvgIpc) is 3.11. The number of rotatable bonds is 6. The van der Waals surface area contributed by atoms with Crippen molar-refractivity contribution in [3.05, 3.63) is 34.6 Å². The fourth-order valence-corrected chi connectivity index (χ4v) is 5.49. The lowest BCUT2D eigenvalue weighted by Gasteiger charge is -2.51. The standard InChI is InChI=1S/C24H33ClFN5O3/c1-5-14(4)27-21(32)15-9-10-16-20(11-15)31-23(30(13(2)3)22(16)33)28-29(24(31)34)12-17-18(25)7-6-8-19(17)26/h6-8,13-16,20,23,28H,5,9-12H2,1-4H3,(H,27,32). The summed E-state index contributed by atoms with van der Waals surface area (Å²) in [6.45, 7) is 7.71. The van der Waals surface area contributed by atoms with Crippen molar-refractivity contribution >= 4 is 29.4 Å². The first-order chi connectivity index (χ1) is 16.1. The topological polar surface area (TPSA) is 85.0 Å². The molecule has 3 aliphatic rings. The molecule has 186 valence electrons. The summed E-state index contributed by atoms with van der Waals surface area (Å²) < 4.78 is 14.4. The van der Waals surface area contributed by atoms with Crippen LogP contribution in [0.15, 0.2) is 18.2 Å². The highest BCUT2D eigenvalue weighted by atomic mass is 35.5. The average molecular weight is 494 g/mol. The van der Waals surface area contributed by atoms with E-state index in [1.54, 1.807) is 15.9 Å². The van der Waals surface area contributed by atoms with Crippen LogP contribution >= 0.6 is 11.6 Å². The van der Waals surface area contributed by atoms with E-state index in [-0.39, 0.29) is 58.9 Å². The van der Waals surface area contributed by atoms with Crippen molar-refractivity contribution in [3.8, 4) is 0 Å². The number of amides is 4. The van der Waals surface area contributed by atoms with Gasteiger partial charge in [0.05, 0.1) is 12.5 Å². The van der Waals surface area contributed by atoms with Gasteiger partial charge in [0.1, 0.15) is 5.82 Å². The zero-order chi connectivity index (χ0) is 24.7. The molecular weight excluding hydrogens is 461 g/mol. The van der Waals surface area contributed by atoms with E-state index in [1.807, 2.05) is 27.7 Å². The number of fused-ring (bicyclic) bond motifs is 3. The summed E-state index contributed by atoms with van der Waals surface area (Å²) >= 11 is 6.20. The van der Waals surface area contributed by atoms with Crippen LogP contribution in [0, 0.1) is 17.7 Å². The molecule has 2 heterocycles. The van der Waals surface area contributed by atoms with Gasteiger partial charge < -0.3 is 10.2 Å². The minimum atomic E-state index is -0.692. The normalized spacial score (nSPS) is 27.7. The highest BCUT2D eigenvalue weighted by Gasteiger charge is 2.56. The van der Waals surface area contributed by atoms with E-state index in [4.69, 9.17) is 11.6 Å². The number of halogens is 2. The van der Waals surface area contributed by atoms with E-state index in [0.29, 0.717) is 19.3 Å². The fraction of sp³-hybridized carbons (Fsp3) is 0.625. The first-order valence-electron chi connectivity index (χ1n) is 12.0. The smallest absolute Gasteiger partial charge is 0.337 e. The summed E-state index contributed by atoms with van der Waals surface area (Å²) in [7, 11) is 0. The minimum Gasteiger partial charge on any atom is -0.353 e. The molecule has 2 aliphatic heterocycles. The number of benzene rings is 1. The molecule has 2 saturated heterocycles. The summed E-state index contributed by atoms with van der Waals surface area (Å²) in [5.74, 6) is -1.18. The maximum atomic E-state index is 14.4. The van der Waals surface area contributed by atoms with Gasteiger partial charge in [-0.1, -0.05) is 24.6 Å². The van der Waals surface area contributed by atoms with Gasteiger partial charge in [-0.15, -0.1) is 0 Å². The van der Waals surface area contributed by atoms with Crippen LogP contribution in [-0.2, 0) is 16.1 Å². The number of hydrogen-bond acceptors (Lipinski definition) is 4. The quantitative estimate of drug-likeness (QED) is 0.635. The Hall–Kier alpha value is -2.39. The Morgan fingerprint density at radius 3 is 2.65 bits per heavy atom. The van der Waals surface area contributed by atoms with Gasteiger partial charge >= 0.3 is 6.03 Å². The van der Waals surface area contributed by atoms with E-state index < -0.39 is 18.1 Å². The molecule has 0 bridgehead atoms. The molecule has 0 aromatic heterocycles. The summed E-state index contributed by atoms with van der Waals surface area (Å²) in [6, 6.07) is 3.56. The molecule has 5 unspecified atom stereocenters. The Bertz CT molecular complexity index is 956. The molecule has 0 radical (unpaired) electrons. The van der Waals surface area contributed by atoms with Gasteiger partial charge in [0, 0.05) is 34.6 Å². The van der Waals surface area contributed by atoms with Gasteiger partial charge in [-0.05, 0) is 58.6 Å². The number of carbonyl (C=O) groups excluding carboxylic acids is 3. The van der Waals surface area contributed by atoms with Crippen molar-refractivity contribution in [1.82, 2.24) is 25.6 Å². The zero-order valence-electron chi connectivity index (χ0n) is 20.1. The molecule has 2 N–H and O–H groups in total. The molecule has 1 saturated carbocycles. The Balaban J connectivity index is 1.61. The first kappa shape index (κ1) is 24.7. The molecule has 5 atom stereocenters. The van der Waals surface area contributed by atoms with Gasteiger partial charge in [-0.2, -0.15) is 5.43 Å². The number of carbonyl (C=O) groups is 3. The van der Waals surface area contributed by atoms with Crippen LogP contribution in [0.3, 0.4) is 0 Å². The Labute approximate surface area is 204 Å². The third-order valence-corrected chi connectivity index (χ3v) is 7.66. The maximum Gasteiger partial charge on any atom is 0.337 e. The predicted octanol–water partition coefficient (Wildman–Crippen LogP) is 3.46. The molecule has 1 aliphatic carbocycles. The second kappa shape index (κ2) is 9.70. The van der Waals surface area contributed by atoms with Crippen LogP contribution in [-0.4, -0.2) is 57.1 Å². The van der Waals surface area contributed by atoms with Crippen molar-refractivity contribution in [2.45, 2.75) is 84.3 Å².